The molecule has 0 bridgehead atoms. The van der Waals surface area contributed by atoms with Gasteiger partial charge in [-0.2, -0.15) is 12.6 Å². The maximum absolute atomic E-state index is 6.12. The molecule has 2 heterocycles. The summed E-state index contributed by atoms with van der Waals surface area (Å²) in [6.07, 6.45) is 4.06. The molecule has 0 atom stereocenters. The van der Waals surface area contributed by atoms with Gasteiger partial charge in [-0.25, -0.2) is 0 Å². The lowest BCUT2D eigenvalue weighted by Crippen LogP contribution is -2.41. The van der Waals surface area contributed by atoms with Gasteiger partial charge in [-0.05, 0) is 62.3 Å². The van der Waals surface area contributed by atoms with Crippen LogP contribution in [0.2, 0.25) is 0 Å². The van der Waals surface area contributed by atoms with Crippen LogP contribution in [0.1, 0.15) is 33.3 Å². The Morgan fingerprint density at radius 3 is 2.50 bits per heavy atom. The molecule has 2 aromatic rings. The number of hydrogen-bond acceptors (Lipinski definition) is 3. The van der Waals surface area contributed by atoms with Crippen LogP contribution in [0.3, 0.4) is 0 Å². The van der Waals surface area contributed by atoms with Crippen molar-refractivity contribution in [3.63, 3.8) is 0 Å². The standard InChI is InChI=1S/C17H22BNO2S/c1-16(2)17(3,4)21-18(20-16)14(11-22)10-12-5-6-15-13(9-12)7-8-19-15/h5-10,19,22H,11H2,1-4H3. The third-order valence-electron chi connectivity index (χ3n) is 4.67. The highest BCUT2D eigenvalue weighted by molar-refractivity contribution is 7.80. The van der Waals surface area contributed by atoms with E-state index < -0.39 is 0 Å². The van der Waals surface area contributed by atoms with Crippen molar-refractivity contribution in [1.29, 1.82) is 0 Å². The number of thiol groups is 1. The first-order valence-electron chi connectivity index (χ1n) is 7.56. The summed E-state index contributed by atoms with van der Waals surface area (Å²) in [4.78, 5) is 3.21. The third kappa shape index (κ3) is 2.73. The molecule has 1 aliphatic heterocycles. The van der Waals surface area contributed by atoms with Gasteiger partial charge in [-0.15, -0.1) is 0 Å². The summed E-state index contributed by atoms with van der Waals surface area (Å²) in [7, 11) is -0.343. The van der Waals surface area contributed by atoms with Crippen molar-refractivity contribution in [1.82, 2.24) is 4.98 Å². The van der Waals surface area contributed by atoms with Gasteiger partial charge in [-0.1, -0.05) is 12.1 Å². The van der Waals surface area contributed by atoms with Crippen molar-refractivity contribution < 1.29 is 9.31 Å². The molecule has 3 nitrogen and oxygen atoms in total. The highest BCUT2D eigenvalue weighted by Gasteiger charge is 2.52. The van der Waals surface area contributed by atoms with E-state index in [1.54, 1.807) is 0 Å². The number of hydrogen-bond donors (Lipinski definition) is 2. The molecule has 0 amide bonds. The quantitative estimate of drug-likeness (QED) is 0.660. The van der Waals surface area contributed by atoms with Crippen LogP contribution in [-0.4, -0.2) is 29.1 Å². The molecule has 1 aliphatic rings. The molecular formula is C17H22BNO2S. The minimum Gasteiger partial charge on any atom is -0.400 e. The summed E-state index contributed by atoms with van der Waals surface area (Å²) in [6.45, 7) is 8.26. The lowest BCUT2D eigenvalue weighted by atomic mass is 9.78. The Bertz CT molecular complexity index is 704. The Balaban J connectivity index is 1.90. The normalized spacial score (nSPS) is 20.8. The lowest BCUT2D eigenvalue weighted by molar-refractivity contribution is 0.00578. The Labute approximate surface area is 137 Å². The summed E-state index contributed by atoms with van der Waals surface area (Å²) in [5.74, 6) is 0.599. The summed E-state index contributed by atoms with van der Waals surface area (Å²) in [6, 6.07) is 8.40. The molecule has 0 saturated carbocycles. The van der Waals surface area contributed by atoms with Crippen molar-refractivity contribution in [3.8, 4) is 0 Å². The Hall–Kier alpha value is -1.17. The molecule has 1 aromatic heterocycles. The van der Waals surface area contributed by atoms with Gasteiger partial charge in [0.05, 0.1) is 11.2 Å². The summed E-state index contributed by atoms with van der Waals surface area (Å²) in [5, 5.41) is 1.20. The van der Waals surface area contributed by atoms with Gasteiger partial charge < -0.3 is 14.3 Å². The molecule has 22 heavy (non-hydrogen) atoms. The van der Waals surface area contributed by atoms with Gasteiger partial charge >= 0.3 is 7.12 Å². The average molecular weight is 315 g/mol. The molecule has 1 aromatic carbocycles. The second-order valence-electron chi connectivity index (χ2n) is 6.79. The smallest absolute Gasteiger partial charge is 0.400 e. The minimum atomic E-state index is -0.343. The first-order chi connectivity index (χ1) is 10.3. The summed E-state index contributed by atoms with van der Waals surface area (Å²) < 4.78 is 12.2. The predicted molar refractivity (Wildman–Crippen MR) is 96.2 cm³/mol. The first kappa shape index (κ1) is 15.7. The Morgan fingerprint density at radius 1 is 1.18 bits per heavy atom. The van der Waals surface area contributed by atoms with Gasteiger partial charge in [0, 0.05) is 17.5 Å². The van der Waals surface area contributed by atoms with Crippen molar-refractivity contribution in [2.24, 2.45) is 0 Å². The summed E-state index contributed by atoms with van der Waals surface area (Å²) >= 11 is 4.46. The fourth-order valence-corrected chi connectivity index (χ4v) is 2.80. The monoisotopic (exact) mass is 315 g/mol. The van der Waals surface area contributed by atoms with Gasteiger partial charge in [0.1, 0.15) is 0 Å². The van der Waals surface area contributed by atoms with Crippen LogP contribution < -0.4 is 0 Å². The second-order valence-corrected chi connectivity index (χ2v) is 7.11. The molecule has 0 unspecified atom stereocenters. The van der Waals surface area contributed by atoms with E-state index in [9.17, 15) is 0 Å². The van der Waals surface area contributed by atoms with E-state index in [-0.39, 0.29) is 18.3 Å². The molecule has 0 aliphatic carbocycles. The zero-order valence-corrected chi connectivity index (χ0v) is 14.4. The highest BCUT2D eigenvalue weighted by Crippen LogP contribution is 2.39. The molecule has 0 radical (unpaired) electrons. The number of aromatic amines is 1. The Kier molecular flexibility index (Phi) is 3.92. The van der Waals surface area contributed by atoms with Gasteiger partial charge in [-0.3, -0.25) is 0 Å². The maximum atomic E-state index is 6.12. The van der Waals surface area contributed by atoms with Crippen LogP contribution in [0.25, 0.3) is 17.0 Å². The van der Waals surface area contributed by atoms with E-state index >= 15 is 0 Å². The summed E-state index contributed by atoms with van der Waals surface area (Å²) in [5.41, 5.74) is 2.65. The molecule has 0 spiro atoms. The van der Waals surface area contributed by atoms with Crippen LogP contribution in [0.4, 0.5) is 0 Å². The van der Waals surface area contributed by atoms with Gasteiger partial charge in [0.25, 0.3) is 0 Å². The van der Waals surface area contributed by atoms with Gasteiger partial charge in [0.2, 0.25) is 0 Å². The largest absolute Gasteiger partial charge is 0.491 e. The van der Waals surface area contributed by atoms with Crippen LogP contribution >= 0.6 is 12.6 Å². The predicted octanol–water partition coefficient (Wildman–Crippen LogP) is 4.11. The zero-order chi connectivity index (χ0) is 16.0. The first-order valence-corrected chi connectivity index (χ1v) is 8.20. The second kappa shape index (κ2) is 5.48. The number of aromatic nitrogens is 1. The number of fused-ring (bicyclic) bond motifs is 1. The number of rotatable bonds is 3. The SMILES string of the molecule is CC1(C)OB(C(=Cc2ccc3[nH]ccc3c2)CS)OC1(C)C. The van der Waals surface area contributed by atoms with E-state index in [2.05, 4.69) is 75.6 Å². The van der Waals surface area contributed by atoms with Crippen LogP contribution in [-0.2, 0) is 9.31 Å². The van der Waals surface area contributed by atoms with E-state index in [1.807, 2.05) is 6.20 Å². The number of nitrogens with one attached hydrogen (secondary N) is 1. The van der Waals surface area contributed by atoms with E-state index in [0.29, 0.717) is 5.75 Å². The molecule has 1 N–H and O–H groups in total. The minimum absolute atomic E-state index is 0.329. The van der Waals surface area contributed by atoms with E-state index in [0.717, 1.165) is 16.6 Å². The average Bonchev–Trinajstić information content (AvgIpc) is 2.98. The zero-order valence-electron chi connectivity index (χ0n) is 13.5. The molecule has 1 saturated heterocycles. The fraction of sp³-hybridized carbons (Fsp3) is 0.412. The maximum Gasteiger partial charge on any atom is 0.491 e. The number of H-pyrrole nitrogens is 1. The van der Waals surface area contributed by atoms with Crippen molar-refractivity contribution in [2.75, 3.05) is 5.75 Å². The lowest BCUT2D eigenvalue weighted by Gasteiger charge is -2.32. The molecule has 116 valence electrons. The van der Waals surface area contributed by atoms with Crippen LogP contribution in [0.5, 0.6) is 0 Å². The molecule has 1 fully saturated rings. The number of benzene rings is 1. The highest BCUT2D eigenvalue weighted by atomic mass is 32.1. The van der Waals surface area contributed by atoms with Crippen LogP contribution in [0.15, 0.2) is 35.9 Å². The van der Waals surface area contributed by atoms with E-state index in [4.69, 9.17) is 9.31 Å². The fourth-order valence-electron chi connectivity index (χ4n) is 2.56. The van der Waals surface area contributed by atoms with E-state index in [1.165, 1.54) is 5.39 Å². The van der Waals surface area contributed by atoms with Crippen molar-refractivity contribution in [3.05, 3.63) is 41.5 Å². The van der Waals surface area contributed by atoms with Crippen molar-refractivity contribution in [2.45, 2.75) is 38.9 Å². The van der Waals surface area contributed by atoms with Crippen LogP contribution in [0, 0.1) is 0 Å². The van der Waals surface area contributed by atoms with Crippen molar-refractivity contribution >= 4 is 36.7 Å². The molecular weight excluding hydrogens is 293 g/mol. The van der Waals surface area contributed by atoms with Gasteiger partial charge in [0.15, 0.2) is 0 Å². The topological polar surface area (TPSA) is 34.2 Å². The molecule has 3 rings (SSSR count). The Morgan fingerprint density at radius 2 is 1.86 bits per heavy atom. The third-order valence-corrected chi connectivity index (χ3v) is 5.03. The molecule has 5 heteroatoms.